The van der Waals surface area contributed by atoms with Crippen molar-refractivity contribution in [3.8, 4) is 0 Å². The highest BCUT2D eigenvalue weighted by Gasteiger charge is 2.59. The molecular formula is C13H14ClF4NO. The summed E-state index contributed by atoms with van der Waals surface area (Å²) in [7, 11) is 0. The van der Waals surface area contributed by atoms with Gasteiger partial charge in [0.1, 0.15) is 5.82 Å². The molecule has 1 aliphatic rings. The molecule has 2 rings (SSSR count). The molecule has 2 nitrogen and oxygen atoms in total. The second-order valence-electron chi connectivity index (χ2n) is 4.99. The van der Waals surface area contributed by atoms with Crippen LogP contribution in [0.3, 0.4) is 0 Å². The number of hydrogen-bond acceptors (Lipinski definition) is 2. The van der Waals surface area contributed by atoms with Crippen LogP contribution >= 0.6 is 11.6 Å². The van der Waals surface area contributed by atoms with Crippen LogP contribution in [0.5, 0.6) is 0 Å². The summed E-state index contributed by atoms with van der Waals surface area (Å²) in [5.41, 5.74) is -2.52. The first kappa shape index (κ1) is 15.4. The standard InChI is InChI=1S/C13H14ClF4NO/c14-9-7-8(4-5-10(9)15)19-11-3-1-2-6-12(11,20)13(16,17)18/h4-5,7,11,19-20H,1-3,6H2/t11-,12-/m1/s1. The lowest BCUT2D eigenvalue weighted by Gasteiger charge is -2.41. The van der Waals surface area contributed by atoms with E-state index in [1.165, 1.54) is 12.1 Å². The van der Waals surface area contributed by atoms with E-state index in [1.807, 2.05) is 0 Å². The van der Waals surface area contributed by atoms with E-state index >= 15 is 0 Å². The van der Waals surface area contributed by atoms with Crippen molar-refractivity contribution in [1.29, 1.82) is 0 Å². The molecule has 0 spiro atoms. The SMILES string of the molecule is O[C@]1(C(F)(F)F)CCCC[C@H]1Nc1ccc(F)c(Cl)c1. The fourth-order valence-electron chi connectivity index (χ4n) is 2.47. The van der Waals surface area contributed by atoms with Gasteiger partial charge >= 0.3 is 6.18 Å². The van der Waals surface area contributed by atoms with Gasteiger partial charge in [0, 0.05) is 5.69 Å². The zero-order valence-electron chi connectivity index (χ0n) is 10.5. The molecule has 0 radical (unpaired) electrons. The van der Waals surface area contributed by atoms with Gasteiger partial charge in [-0.05, 0) is 31.0 Å². The Bertz CT molecular complexity index is 494. The molecule has 0 amide bonds. The van der Waals surface area contributed by atoms with E-state index in [4.69, 9.17) is 11.6 Å². The van der Waals surface area contributed by atoms with Crippen LogP contribution in [0.2, 0.25) is 5.02 Å². The van der Waals surface area contributed by atoms with E-state index in [0.717, 1.165) is 6.07 Å². The second-order valence-corrected chi connectivity index (χ2v) is 5.40. The number of rotatable bonds is 2. The lowest BCUT2D eigenvalue weighted by molar-refractivity contribution is -0.272. The van der Waals surface area contributed by atoms with E-state index in [1.54, 1.807) is 0 Å². The van der Waals surface area contributed by atoms with Gasteiger partial charge in [0.05, 0.1) is 11.1 Å². The van der Waals surface area contributed by atoms with Crippen LogP contribution < -0.4 is 5.32 Å². The predicted octanol–water partition coefficient (Wildman–Crippen LogP) is 4.13. The summed E-state index contributed by atoms with van der Waals surface area (Å²) in [6.07, 6.45) is -3.97. The number of halogens is 5. The minimum atomic E-state index is -4.71. The quantitative estimate of drug-likeness (QED) is 0.805. The summed E-state index contributed by atoms with van der Waals surface area (Å²) in [5.74, 6) is -0.646. The van der Waals surface area contributed by atoms with Gasteiger partial charge in [-0.3, -0.25) is 0 Å². The number of aliphatic hydroxyl groups is 1. The molecule has 7 heteroatoms. The van der Waals surface area contributed by atoms with Crippen LogP contribution in [0.25, 0.3) is 0 Å². The average Bonchev–Trinajstić information content (AvgIpc) is 2.35. The van der Waals surface area contributed by atoms with Gasteiger partial charge in [0.25, 0.3) is 0 Å². The van der Waals surface area contributed by atoms with Crippen LogP contribution in [0, 0.1) is 5.82 Å². The van der Waals surface area contributed by atoms with Crippen LogP contribution in [0.1, 0.15) is 25.7 Å². The maximum Gasteiger partial charge on any atom is 0.419 e. The highest BCUT2D eigenvalue weighted by atomic mass is 35.5. The summed E-state index contributed by atoms with van der Waals surface area (Å²) in [4.78, 5) is 0. The fraction of sp³-hybridized carbons (Fsp3) is 0.538. The second kappa shape index (κ2) is 5.41. The molecule has 0 unspecified atom stereocenters. The summed E-state index contributed by atoms with van der Waals surface area (Å²) in [6.45, 7) is 0. The molecule has 1 saturated carbocycles. The molecule has 1 fully saturated rings. The van der Waals surface area contributed by atoms with Crippen molar-refractivity contribution in [1.82, 2.24) is 0 Å². The van der Waals surface area contributed by atoms with E-state index in [2.05, 4.69) is 5.32 Å². The number of nitrogens with one attached hydrogen (secondary N) is 1. The number of hydrogen-bond donors (Lipinski definition) is 2. The molecule has 2 atom stereocenters. The maximum absolute atomic E-state index is 13.0. The zero-order chi connectivity index (χ0) is 15.0. The largest absolute Gasteiger partial charge is 0.419 e. The van der Waals surface area contributed by atoms with E-state index < -0.39 is 23.6 Å². The molecule has 112 valence electrons. The number of anilines is 1. The van der Waals surface area contributed by atoms with Crippen molar-refractivity contribution in [3.63, 3.8) is 0 Å². The van der Waals surface area contributed by atoms with E-state index in [0.29, 0.717) is 12.8 Å². The Morgan fingerprint density at radius 1 is 1.30 bits per heavy atom. The summed E-state index contributed by atoms with van der Waals surface area (Å²) in [5, 5.41) is 12.4. The third-order valence-electron chi connectivity index (χ3n) is 3.63. The van der Waals surface area contributed by atoms with Gasteiger partial charge < -0.3 is 10.4 Å². The third kappa shape index (κ3) is 2.86. The highest BCUT2D eigenvalue weighted by molar-refractivity contribution is 6.31. The van der Waals surface area contributed by atoms with Gasteiger partial charge in [-0.1, -0.05) is 24.4 Å². The Morgan fingerprint density at radius 2 is 2.00 bits per heavy atom. The van der Waals surface area contributed by atoms with Crippen LogP contribution in [0.4, 0.5) is 23.2 Å². The number of benzene rings is 1. The van der Waals surface area contributed by atoms with Gasteiger partial charge in [-0.25, -0.2) is 4.39 Å². The van der Waals surface area contributed by atoms with Gasteiger partial charge in [0.15, 0.2) is 5.60 Å². The predicted molar refractivity (Wildman–Crippen MR) is 68.3 cm³/mol. The summed E-state index contributed by atoms with van der Waals surface area (Å²) < 4.78 is 52.2. The maximum atomic E-state index is 13.0. The van der Waals surface area contributed by atoms with Gasteiger partial charge in [0.2, 0.25) is 0 Å². The highest BCUT2D eigenvalue weighted by Crippen LogP contribution is 2.42. The molecule has 0 aromatic heterocycles. The first-order valence-corrected chi connectivity index (χ1v) is 6.62. The molecule has 1 aliphatic carbocycles. The molecule has 1 aromatic rings. The first-order chi connectivity index (χ1) is 9.24. The topological polar surface area (TPSA) is 32.3 Å². The van der Waals surface area contributed by atoms with Crippen LogP contribution in [-0.4, -0.2) is 22.9 Å². The summed E-state index contributed by atoms with van der Waals surface area (Å²) >= 11 is 5.59. The Balaban J connectivity index is 2.23. The van der Waals surface area contributed by atoms with Crippen molar-refractivity contribution < 1.29 is 22.7 Å². The van der Waals surface area contributed by atoms with Crippen molar-refractivity contribution in [2.24, 2.45) is 0 Å². The van der Waals surface area contributed by atoms with Crippen molar-refractivity contribution >= 4 is 17.3 Å². The Kier molecular flexibility index (Phi) is 4.16. The molecule has 20 heavy (non-hydrogen) atoms. The van der Waals surface area contributed by atoms with Crippen molar-refractivity contribution in [3.05, 3.63) is 29.0 Å². The number of alkyl halides is 3. The Morgan fingerprint density at radius 3 is 2.60 bits per heavy atom. The van der Waals surface area contributed by atoms with Gasteiger partial charge in [-0.2, -0.15) is 13.2 Å². The molecule has 0 heterocycles. The lowest BCUT2D eigenvalue weighted by Crippen LogP contribution is -2.58. The fourth-order valence-corrected chi connectivity index (χ4v) is 2.65. The third-order valence-corrected chi connectivity index (χ3v) is 3.92. The van der Waals surface area contributed by atoms with E-state index in [-0.39, 0.29) is 23.6 Å². The van der Waals surface area contributed by atoms with Crippen LogP contribution in [0.15, 0.2) is 18.2 Å². The van der Waals surface area contributed by atoms with Crippen LogP contribution in [-0.2, 0) is 0 Å². The Labute approximate surface area is 118 Å². The Hall–Kier alpha value is -1.01. The molecule has 0 aliphatic heterocycles. The molecule has 1 aromatic carbocycles. The molecule has 2 N–H and O–H groups in total. The lowest BCUT2D eigenvalue weighted by atomic mass is 9.79. The normalized spacial score (nSPS) is 27.4. The zero-order valence-corrected chi connectivity index (χ0v) is 11.2. The van der Waals surface area contributed by atoms with Gasteiger partial charge in [-0.15, -0.1) is 0 Å². The smallest absolute Gasteiger partial charge is 0.379 e. The van der Waals surface area contributed by atoms with Crippen molar-refractivity contribution in [2.75, 3.05) is 5.32 Å². The minimum Gasteiger partial charge on any atom is -0.379 e. The minimum absolute atomic E-state index is 0.179. The molecule has 0 bridgehead atoms. The average molecular weight is 312 g/mol. The molecule has 0 saturated heterocycles. The van der Waals surface area contributed by atoms with E-state index in [9.17, 15) is 22.7 Å². The first-order valence-electron chi connectivity index (χ1n) is 6.25. The molecular weight excluding hydrogens is 298 g/mol. The monoisotopic (exact) mass is 311 g/mol. The summed E-state index contributed by atoms with van der Waals surface area (Å²) in [6, 6.07) is 2.41. The van der Waals surface area contributed by atoms with Crippen molar-refractivity contribution in [2.45, 2.75) is 43.5 Å².